The van der Waals surface area contributed by atoms with Gasteiger partial charge in [0.2, 0.25) is 0 Å². The van der Waals surface area contributed by atoms with Gasteiger partial charge < -0.3 is 0 Å². The standard InChI is InChI=1S/C18H9Cl2FN2S/c19-15-6-3-12(8-16(15)20)17-10-24-18(23-17)13(9-22)7-11-1-4-14(21)5-2-11/h1-8,10H. The zero-order valence-electron chi connectivity index (χ0n) is 12.1. The summed E-state index contributed by atoms with van der Waals surface area (Å²) in [4.78, 5) is 4.49. The lowest BCUT2D eigenvalue weighted by Crippen LogP contribution is -1.83. The Hall–Kier alpha value is -2.19. The van der Waals surface area contributed by atoms with Gasteiger partial charge in [-0.05, 0) is 35.9 Å². The van der Waals surface area contributed by atoms with Gasteiger partial charge in [-0.2, -0.15) is 5.26 Å². The third kappa shape index (κ3) is 3.65. The first-order chi connectivity index (χ1) is 11.6. The lowest BCUT2D eigenvalue weighted by Gasteiger charge is -1.99. The minimum Gasteiger partial charge on any atom is -0.235 e. The van der Waals surface area contributed by atoms with Crippen molar-refractivity contribution in [3.8, 4) is 17.3 Å². The SMILES string of the molecule is N#CC(=Cc1ccc(F)cc1)c1nc(-c2ccc(Cl)c(Cl)c2)cs1. The molecule has 3 rings (SSSR count). The van der Waals surface area contributed by atoms with Gasteiger partial charge >= 0.3 is 0 Å². The largest absolute Gasteiger partial charge is 0.235 e. The van der Waals surface area contributed by atoms with E-state index in [1.807, 2.05) is 11.4 Å². The second-order valence-corrected chi connectivity index (χ2v) is 6.56. The Morgan fingerprint density at radius 3 is 2.54 bits per heavy atom. The van der Waals surface area contributed by atoms with E-state index in [9.17, 15) is 9.65 Å². The molecule has 0 bridgehead atoms. The third-order valence-corrected chi connectivity index (χ3v) is 4.87. The number of hydrogen-bond donors (Lipinski definition) is 0. The van der Waals surface area contributed by atoms with Gasteiger partial charge in [-0.3, -0.25) is 0 Å². The van der Waals surface area contributed by atoms with Crippen LogP contribution in [-0.4, -0.2) is 4.98 Å². The van der Waals surface area contributed by atoms with E-state index in [1.54, 1.807) is 30.3 Å². The van der Waals surface area contributed by atoms with Gasteiger partial charge in [0.25, 0.3) is 0 Å². The van der Waals surface area contributed by atoms with Crippen LogP contribution in [-0.2, 0) is 0 Å². The molecule has 0 saturated carbocycles. The van der Waals surface area contributed by atoms with Crippen molar-refractivity contribution in [1.82, 2.24) is 4.98 Å². The molecule has 0 saturated heterocycles. The quantitative estimate of drug-likeness (QED) is 0.502. The Labute approximate surface area is 152 Å². The Bertz CT molecular complexity index is 956. The van der Waals surface area contributed by atoms with E-state index in [2.05, 4.69) is 11.1 Å². The maximum Gasteiger partial charge on any atom is 0.134 e. The smallest absolute Gasteiger partial charge is 0.134 e. The van der Waals surface area contributed by atoms with Crippen molar-refractivity contribution >= 4 is 46.2 Å². The number of thiazole rings is 1. The molecule has 0 aliphatic heterocycles. The van der Waals surface area contributed by atoms with Crippen LogP contribution >= 0.6 is 34.5 Å². The second kappa shape index (κ2) is 7.14. The maximum absolute atomic E-state index is 13.0. The average molecular weight is 375 g/mol. The molecular formula is C18H9Cl2FN2S. The first kappa shape index (κ1) is 16.7. The van der Waals surface area contributed by atoms with Gasteiger partial charge in [0.1, 0.15) is 16.9 Å². The highest BCUT2D eigenvalue weighted by molar-refractivity contribution is 7.11. The molecule has 0 atom stereocenters. The van der Waals surface area contributed by atoms with Crippen molar-refractivity contribution < 1.29 is 4.39 Å². The minimum atomic E-state index is -0.318. The van der Waals surface area contributed by atoms with Gasteiger partial charge in [-0.1, -0.05) is 41.4 Å². The van der Waals surface area contributed by atoms with Crippen LogP contribution < -0.4 is 0 Å². The molecule has 118 valence electrons. The molecule has 0 unspecified atom stereocenters. The molecule has 0 fully saturated rings. The summed E-state index contributed by atoms with van der Waals surface area (Å²) in [6.07, 6.45) is 1.68. The lowest BCUT2D eigenvalue weighted by molar-refractivity contribution is 0.628. The molecule has 1 heterocycles. The summed E-state index contributed by atoms with van der Waals surface area (Å²) in [6.45, 7) is 0. The van der Waals surface area contributed by atoms with E-state index in [-0.39, 0.29) is 5.82 Å². The fraction of sp³-hybridized carbons (Fsp3) is 0. The Kier molecular flexibility index (Phi) is 4.96. The predicted molar refractivity (Wildman–Crippen MR) is 97.5 cm³/mol. The molecule has 0 amide bonds. The highest BCUT2D eigenvalue weighted by Crippen LogP contribution is 2.31. The van der Waals surface area contributed by atoms with E-state index in [4.69, 9.17) is 23.2 Å². The molecule has 0 aliphatic carbocycles. The van der Waals surface area contributed by atoms with E-state index in [0.29, 0.717) is 26.3 Å². The van der Waals surface area contributed by atoms with Gasteiger partial charge in [0.15, 0.2) is 0 Å². The molecule has 3 aromatic rings. The van der Waals surface area contributed by atoms with Crippen LogP contribution in [0.25, 0.3) is 22.9 Å². The van der Waals surface area contributed by atoms with Crippen molar-refractivity contribution in [2.45, 2.75) is 0 Å². The van der Waals surface area contributed by atoms with Crippen LogP contribution in [0.1, 0.15) is 10.6 Å². The molecule has 2 aromatic carbocycles. The van der Waals surface area contributed by atoms with E-state index in [1.165, 1.54) is 23.5 Å². The fourth-order valence-corrected chi connectivity index (χ4v) is 3.15. The van der Waals surface area contributed by atoms with Gasteiger partial charge in [0.05, 0.1) is 21.3 Å². The van der Waals surface area contributed by atoms with Gasteiger partial charge in [0, 0.05) is 10.9 Å². The van der Waals surface area contributed by atoms with Crippen LogP contribution in [0.5, 0.6) is 0 Å². The molecular weight excluding hydrogens is 366 g/mol. The Balaban J connectivity index is 1.94. The molecule has 1 aromatic heterocycles. The van der Waals surface area contributed by atoms with Crippen molar-refractivity contribution in [3.05, 3.63) is 74.3 Å². The number of nitrogens with zero attached hydrogens (tertiary/aromatic N) is 2. The Morgan fingerprint density at radius 2 is 1.88 bits per heavy atom. The van der Waals surface area contributed by atoms with Crippen LogP contribution in [0.2, 0.25) is 10.0 Å². The molecule has 2 nitrogen and oxygen atoms in total. The first-order valence-electron chi connectivity index (χ1n) is 6.85. The number of halogens is 3. The minimum absolute atomic E-state index is 0.318. The van der Waals surface area contributed by atoms with E-state index in [0.717, 1.165) is 11.1 Å². The average Bonchev–Trinajstić information content (AvgIpc) is 3.06. The van der Waals surface area contributed by atoms with Crippen LogP contribution in [0.3, 0.4) is 0 Å². The summed E-state index contributed by atoms with van der Waals surface area (Å²) >= 11 is 13.3. The highest BCUT2D eigenvalue weighted by Gasteiger charge is 2.10. The summed E-state index contributed by atoms with van der Waals surface area (Å²) in [5.41, 5.74) is 2.69. The molecule has 0 radical (unpaired) electrons. The van der Waals surface area contributed by atoms with Crippen LogP contribution in [0.15, 0.2) is 47.8 Å². The van der Waals surface area contributed by atoms with Gasteiger partial charge in [-0.25, -0.2) is 9.37 Å². The molecule has 0 spiro atoms. The van der Waals surface area contributed by atoms with Crippen molar-refractivity contribution in [2.75, 3.05) is 0 Å². The predicted octanol–water partition coefficient (Wildman–Crippen LogP) is 6.32. The number of benzene rings is 2. The number of aromatic nitrogens is 1. The summed E-state index contributed by atoms with van der Waals surface area (Å²) in [5.74, 6) is -0.318. The fourth-order valence-electron chi connectivity index (χ4n) is 2.05. The second-order valence-electron chi connectivity index (χ2n) is 4.89. The number of allylic oxidation sites excluding steroid dienone is 1. The van der Waals surface area contributed by atoms with Gasteiger partial charge in [-0.15, -0.1) is 11.3 Å². The summed E-state index contributed by atoms with van der Waals surface area (Å²) in [6, 6.07) is 13.3. The van der Waals surface area contributed by atoms with Crippen molar-refractivity contribution in [2.24, 2.45) is 0 Å². The third-order valence-electron chi connectivity index (χ3n) is 3.25. The van der Waals surface area contributed by atoms with Crippen LogP contribution in [0.4, 0.5) is 4.39 Å². The molecule has 0 N–H and O–H groups in total. The first-order valence-corrected chi connectivity index (χ1v) is 8.49. The summed E-state index contributed by atoms with van der Waals surface area (Å²) in [7, 11) is 0. The highest BCUT2D eigenvalue weighted by atomic mass is 35.5. The normalized spacial score (nSPS) is 11.3. The van der Waals surface area contributed by atoms with E-state index >= 15 is 0 Å². The van der Waals surface area contributed by atoms with Crippen LogP contribution in [0, 0.1) is 17.1 Å². The van der Waals surface area contributed by atoms with E-state index < -0.39 is 0 Å². The monoisotopic (exact) mass is 374 g/mol. The van der Waals surface area contributed by atoms with Crippen molar-refractivity contribution in [3.63, 3.8) is 0 Å². The molecule has 6 heteroatoms. The maximum atomic E-state index is 13.0. The Morgan fingerprint density at radius 1 is 1.12 bits per heavy atom. The number of hydrogen-bond acceptors (Lipinski definition) is 3. The summed E-state index contributed by atoms with van der Waals surface area (Å²) < 4.78 is 13.0. The summed E-state index contributed by atoms with van der Waals surface area (Å²) in [5, 5.41) is 12.8. The topological polar surface area (TPSA) is 36.7 Å². The lowest BCUT2D eigenvalue weighted by atomic mass is 10.1. The molecule has 24 heavy (non-hydrogen) atoms. The zero-order valence-corrected chi connectivity index (χ0v) is 14.5. The zero-order chi connectivity index (χ0) is 17.1. The number of nitriles is 1. The van der Waals surface area contributed by atoms with Crippen molar-refractivity contribution in [1.29, 1.82) is 5.26 Å². The molecule has 0 aliphatic rings. The number of rotatable bonds is 3.